The monoisotopic (exact) mass is 368 g/mol. The molecule has 0 aliphatic heterocycles. The van der Waals surface area contributed by atoms with Crippen LogP contribution in [0.1, 0.15) is 89.2 Å². The van der Waals surface area contributed by atoms with E-state index in [0.29, 0.717) is 5.56 Å². The first-order valence-corrected chi connectivity index (χ1v) is 11.1. The SMILES string of the molecule is CCCCCCCCCCCCc1ccc(-c2ccc(CC)cc2F)cc1. The Bertz CT molecular complexity index is 642. The first-order valence-electron chi connectivity index (χ1n) is 11.1. The minimum atomic E-state index is -0.114. The van der Waals surface area contributed by atoms with Gasteiger partial charge in [0, 0.05) is 5.56 Å². The fraction of sp³-hybridized carbons (Fsp3) is 0.538. The van der Waals surface area contributed by atoms with Gasteiger partial charge in [-0.2, -0.15) is 0 Å². The summed E-state index contributed by atoms with van der Waals surface area (Å²) in [5.74, 6) is -0.114. The highest BCUT2D eigenvalue weighted by atomic mass is 19.1. The predicted molar refractivity (Wildman–Crippen MR) is 117 cm³/mol. The molecule has 0 atom stereocenters. The van der Waals surface area contributed by atoms with E-state index in [1.165, 1.54) is 69.8 Å². The second-order valence-electron chi connectivity index (χ2n) is 7.80. The third-order valence-corrected chi connectivity index (χ3v) is 5.53. The lowest BCUT2D eigenvalue weighted by Crippen LogP contribution is -1.90. The first kappa shape index (κ1) is 21.7. The van der Waals surface area contributed by atoms with E-state index in [9.17, 15) is 4.39 Å². The highest BCUT2D eigenvalue weighted by Crippen LogP contribution is 2.24. The van der Waals surface area contributed by atoms with Gasteiger partial charge in [0.25, 0.3) is 0 Å². The molecule has 0 fully saturated rings. The first-order chi connectivity index (χ1) is 13.2. The molecule has 0 aromatic heterocycles. The molecule has 27 heavy (non-hydrogen) atoms. The average molecular weight is 369 g/mol. The minimum Gasteiger partial charge on any atom is -0.206 e. The number of hydrogen-bond donors (Lipinski definition) is 0. The average Bonchev–Trinajstić information content (AvgIpc) is 2.70. The summed E-state index contributed by atoms with van der Waals surface area (Å²) in [7, 11) is 0. The van der Waals surface area contributed by atoms with Gasteiger partial charge in [-0.25, -0.2) is 4.39 Å². The Morgan fingerprint density at radius 3 is 1.74 bits per heavy atom. The van der Waals surface area contributed by atoms with Crippen molar-refractivity contribution in [1.29, 1.82) is 0 Å². The molecule has 0 nitrogen and oxygen atoms in total. The van der Waals surface area contributed by atoms with Crippen LogP contribution in [-0.4, -0.2) is 0 Å². The van der Waals surface area contributed by atoms with Crippen molar-refractivity contribution in [2.24, 2.45) is 0 Å². The van der Waals surface area contributed by atoms with Gasteiger partial charge in [-0.15, -0.1) is 0 Å². The normalized spacial score (nSPS) is 11.1. The van der Waals surface area contributed by atoms with Crippen molar-refractivity contribution >= 4 is 0 Å². The van der Waals surface area contributed by atoms with Crippen LogP contribution in [0.5, 0.6) is 0 Å². The molecule has 2 rings (SSSR count). The zero-order valence-electron chi connectivity index (χ0n) is 17.4. The molecular weight excluding hydrogens is 331 g/mol. The Morgan fingerprint density at radius 1 is 0.630 bits per heavy atom. The van der Waals surface area contributed by atoms with Crippen LogP contribution < -0.4 is 0 Å². The molecule has 0 radical (unpaired) electrons. The lowest BCUT2D eigenvalue weighted by molar-refractivity contribution is 0.556. The molecule has 0 saturated heterocycles. The van der Waals surface area contributed by atoms with E-state index < -0.39 is 0 Å². The van der Waals surface area contributed by atoms with E-state index in [1.807, 2.05) is 12.1 Å². The Kier molecular flexibility index (Phi) is 10.2. The van der Waals surface area contributed by atoms with Gasteiger partial charge in [-0.3, -0.25) is 0 Å². The molecule has 2 aromatic carbocycles. The quantitative estimate of drug-likeness (QED) is 0.311. The summed E-state index contributed by atoms with van der Waals surface area (Å²) in [6.45, 7) is 4.33. The molecular formula is C26H37F. The lowest BCUT2D eigenvalue weighted by Gasteiger charge is -2.07. The molecule has 0 bridgehead atoms. The minimum absolute atomic E-state index is 0.114. The third-order valence-electron chi connectivity index (χ3n) is 5.53. The van der Waals surface area contributed by atoms with Crippen LogP contribution in [0.25, 0.3) is 11.1 Å². The predicted octanol–water partition coefficient (Wildman–Crippen LogP) is 8.52. The molecule has 2 aromatic rings. The summed E-state index contributed by atoms with van der Waals surface area (Å²) in [5.41, 5.74) is 4.09. The Balaban J connectivity index is 1.66. The van der Waals surface area contributed by atoms with Crippen LogP contribution in [0.3, 0.4) is 0 Å². The van der Waals surface area contributed by atoms with Crippen LogP contribution in [0.15, 0.2) is 42.5 Å². The topological polar surface area (TPSA) is 0 Å². The maximum atomic E-state index is 14.3. The van der Waals surface area contributed by atoms with Gasteiger partial charge in [0.2, 0.25) is 0 Å². The van der Waals surface area contributed by atoms with Gasteiger partial charge < -0.3 is 0 Å². The maximum absolute atomic E-state index is 14.3. The summed E-state index contributed by atoms with van der Waals surface area (Å²) in [5, 5.41) is 0. The summed E-state index contributed by atoms with van der Waals surface area (Å²) in [6, 6.07) is 14.0. The number of halogens is 1. The second-order valence-corrected chi connectivity index (χ2v) is 7.80. The zero-order valence-corrected chi connectivity index (χ0v) is 17.4. The van der Waals surface area contributed by atoms with Crippen molar-refractivity contribution in [1.82, 2.24) is 0 Å². The van der Waals surface area contributed by atoms with Crippen molar-refractivity contribution in [2.45, 2.75) is 90.9 Å². The lowest BCUT2D eigenvalue weighted by atomic mass is 9.99. The van der Waals surface area contributed by atoms with Crippen molar-refractivity contribution in [2.75, 3.05) is 0 Å². The number of benzene rings is 2. The maximum Gasteiger partial charge on any atom is 0.131 e. The van der Waals surface area contributed by atoms with Crippen molar-refractivity contribution < 1.29 is 4.39 Å². The van der Waals surface area contributed by atoms with Gasteiger partial charge in [0.05, 0.1) is 0 Å². The van der Waals surface area contributed by atoms with E-state index in [-0.39, 0.29) is 5.82 Å². The molecule has 0 unspecified atom stereocenters. The molecule has 0 aliphatic carbocycles. The van der Waals surface area contributed by atoms with Crippen LogP contribution in [-0.2, 0) is 12.8 Å². The Labute approximate surface area is 166 Å². The zero-order chi connectivity index (χ0) is 19.3. The van der Waals surface area contributed by atoms with Crippen LogP contribution in [0.4, 0.5) is 4.39 Å². The molecule has 0 saturated carbocycles. The van der Waals surface area contributed by atoms with Crippen molar-refractivity contribution in [3.05, 3.63) is 59.4 Å². The van der Waals surface area contributed by atoms with E-state index >= 15 is 0 Å². The van der Waals surface area contributed by atoms with Gasteiger partial charge in [0.15, 0.2) is 0 Å². The molecule has 0 aliphatic rings. The second kappa shape index (κ2) is 12.7. The number of hydrogen-bond acceptors (Lipinski definition) is 0. The number of unbranched alkanes of at least 4 members (excludes halogenated alkanes) is 9. The van der Waals surface area contributed by atoms with E-state index in [1.54, 1.807) is 6.07 Å². The summed E-state index contributed by atoms with van der Waals surface area (Å²) < 4.78 is 14.3. The van der Waals surface area contributed by atoms with Gasteiger partial charge in [0.1, 0.15) is 5.82 Å². The standard InChI is InChI=1S/C26H37F/c1-3-5-6-7-8-9-10-11-12-13-14-23-15-18-24(19-16-23)25-20-17-22(4-2)21-26(25)27/h15-21H,3-14H2,1-2H3. The molecule has 0 amide bonds. The number of rotatable bonds is 13. The summed E-state index contributed by atoms with van der Waals surface area (Å²) in [6.07, 6.45) is 15.7. The fourth-order valence-corrected chi connectivity index (χ4v) is 3.68. The molecule has 0 N–H and O–H groups in total. The van der Waals surface area contributed by atoms with E-state index in [4.69, 9.17) is 0 Å². The Morgan fingerprint density at radius 2 is 1.19 bits per heavy atom. The highest BCUT2D eigenvalue weighted by Gasteiger charge is 2.06. The van der Waals surface area contributed by atoms with Crippen LogP contribution >= 0.6 is 0 Å². The van der Waals surface area contributed by atoms with Crippen molar-refractivity contribution in [3.63, 3.8) is 0 Å². The van der Waals surface area contributed by atoms with Crippen LogP contribution in [0.2, 0.25) is 0 Å². The molecule has 148 valence electrons. The molecule has 1 heteroatoms. The van der Waals surface area contributed by atoms with E-state index in [2.05, 4.69) is 38.1 Å². The smallest absolute Gasteiger partial charge is 0.131 e. The molecule has 0 heterocycles. The molecule has 0 spiro atoms. The summed E-state index contributed by atoms with van der Waals surface area (Å²) in [4.78, 5) is 0. The third kappa shape index (κ3) is 7.87. The van der Waals surface area contributed by atoms with E-state index in [0.717, 1.165) is 24.0 Å². The van der Waals surface area contributed by atoms with Crippen molar-refractivity contribution in [3.8, 4) is 11.1 Å². The Hall–Kier alpha value is -1.63. The fourth-order valence-electron chi connectivity index (χ4n) is 3.68. The largest absolute Gasteiger partial charge is 0.206 e. The highest BCUT2D eigenvalue weighted by molar-refractivity contribution is 5.64. The van der Waals surface area contributed by atoms with Gasteiger partial charge in [-0.1, -0.05) is 108 Å². The summed E-state index contributed by atoms with van der Waals surface area (Å²) >= 11 is 0. The van der Waals surface area contributed by atoms with Gasteiger partial charge in [-0.05, 0) is 42.0 Å². The number of aryl methyl sites for hydroxylation is 2. The van der Waals surface area contributed by atoms with Crippen LogP contribution in [0, 0.1) is 5.82 Å². The van der Waals surface area contributed by atoms with Gasteiger partial charge >= 0.3 is 0 Å².